The molecule has 0 saturated carbocycles. The van der Waals surface area contributed by atoms with E-state index in [0.717, 1.165) is 0 Å². The number of nitrogens with zero attached hydrogens (tertiary/aromatic N) is 10. The lowest BCUT2D eigenvalue weighted by Crippen LogP contribution is -2.57. The number of methoxy groups -OCH3 is 1. The molecule has 7 rings (SSSR count). The van der Waals surface area contributed by atoms with Gasteiger partial charge >= 0.3 is 6.03 Å². The molecular formula is C53H72N18O9. The SMILES string of the molecule is CCn1nc(C)cc1C(=O)Nc1nc2cc(C(N)=O)cc(OC)c2n1C/C=C/Cn1c(NC(=O)c2cc(C)nn2CC)nc2cc(C(N)=O)cc(OCCCN3CCN(C(=O)C(CCCNC(N)=O)NC(=O)C(N)C(C)C)CC3)c21. The molecule has 428 valence electrons. The molecule has 80 heavy (non-hydrogen) atoms. The summed E-state index contributed by atoms with van der Waals surface area (Å²) in [7, 11) is 1.45. The molecule has 5 heterocycles. The Bertz CT molecular complexity index is 3310. The van der Waals surface area contributed by atoms with E-state index in [1.165, 1.54) is 31.4 Å². The second-order valence-electron chi connectivity index (χ2n) is 19.7. The van der Waals surface area contributed by atoms with E-state index in [1.54, 1.807) is 49.4 Å². The van der Waals surface area contributed by atoms with Crippen LogP contribution in [0.1, 0.15) is 100 Å². The van der Waals surface area contributed by atoms with Crippen molar-refractivity contribution in [1.82, 2.24) is 59.1 Å². The Balaban J connectivity index is 1.13. The number of hydrogen-bond acceptors (Lipinski definition) is 15. The molecule has 1 saturated heterocycles. The number of fused-ring (bicyclic) bond motifs is 2. The summed E-state index contributed by atoms with van der Waals surface area (Å²) >= 11 is 0. The van der Waals surface area contributed by atoms with Crippen molar-refractivity contribution in [2.24, 2.45) is 28.9 Å². The number of rotatable bonds is 26. The van der Waals surface area contributed by atoms with Crippen LogP contribution in [-0.4, -0.2) is 155 Å². The number of ether oxygens (including phenoxy) is 2. The van der Waals surface area contributed by atoms with Crippen LogP contribution in [0.3, 0.4) is 0 Å². The van der Waals surface area contributed by atoms with Gasteiger partial charge in [0.25, 0.3) is 11.8 Å². The number of amides is 8. The number of anilines is 2. The van der Waals surface area contributed by atoms with Gasteiger partial charge < -0.3 is 57.1 Å². The molecule has 1 aliphatic heterocycles. The van der Waals surface area contributed by atoms with Crippen molar-refractivity contribution in [2.75, 3.05) is 63.6 Å². The third-order valence-electron chi connectivity index (χ3n) is 13.6. The number of carbonyl (C=O) groups excluding carboxylic acids is 7. The fraction of sp³-hybridized carbons (Fsp3) is 0.453. The van der Waals surface area contributed by atoms with Crippen molar-refractivity contribution in [1.29, 1.82) is 0 Å². The third-order valence-corrected chi connectivity index (χ3v) is 13.6. The standard InChI is InChI=1S/C53H72N18O9/c1-8-70-38(24-31(5)64-70)47(74)62-52-60-36-26-33(45(55)72)28-40(79-7)43(36)68(52)17-10-11-18-69-44-37(61-53(69)63-48(75)39-25-32(6)65-71(39)9-2)27-34(46(56)73)29-41(44)80-23-13-16-66-19-21-67(22-20-66)50(77)35(14-12-15-58-51(57)78)59-49(76)42(54)30(3)4/h10-11,24-30,35,42H,8-9,12-23,54H2,1-7H3,(H2,55,72)(H2,56,73)(H,59,76)(H3,57,58,78)(H,60,62,74)(H,61,63,75)/b11-10+. The number of piperazine rings is 1. The first-order chi connectivity index (χ1) is 38.2. The molecule has 27 heteroatoms. The first kappa shape index (κ1) is 58.8. The molecule has 0 bridgehead atoms. The molecule has 1 fully saturated rings. The Morgan fingerprint density at radius 3 is 1.70 bits per heavy atom. The molecular weight excluding hydrogens is 1030 g/mol. The van der Waals surface area contributed by atoms with Crippen LogP contribution >= 0.6 is 0 Å². The average Bonchev–Trinajstić information content (AvgIpc) is 4.37. The molecule has 2 atom stereocenters. The number of primary amides is 3. The Labute approximate surface area is 461 Å². The average molecular weight is 1110 g/mol. The number of nitrogens with two attached hydrogens (primary N) is 4. The highest BCUT2D eigenvalue weighted by atomic mass is 16.5. The van der Waals surface area contributed by atoms with E-state index in [2.05, 4.69) is 36.4 Å². The molecule has 2 aromatic carbocycles. The monoisotopic (exact) mass is 1100 g/mol. The summed E-state index contributed by atoms with van der Waals surface area (Å²) in [5.41, 5.74) is 26.6. The van der Waals surface area contributed by atoms with Gasteiger partial charge in [0, 0.05) is 76.6 Å². The van der Waals surface area contributed by atoms with Gasteiger partial charge in [-0.25, -0.2) is 14.8 Å². The van der Waals surface area contributed by atoms with Gasteiger partial charge in [-0.1, -0.05) is 26.0 Å². The second kappa shape index (κ2) is 26.2. The molecule has 12 N–H and O–H groups in total. The van der Waals surface area contributed by atoms with E-state index < -0.39 is 47.7 Å². The lowest BCUT2D eigenvalue weighted by molar-refractivity contribution is -0.138. The van der Waals surface area contributed by atoms with Crippen LogP contribution in [0.25, 0.3) is 22.1 Å². The van der Waals surface area contributed by atoms with Crippen LogP contribution in [0.4, 0.5) is 16.7 Å². The molecule has 6 aromatic rings. The number of carbonyl (C=O) groups is 7. The van der Waals surface area contributed by atoms with E-state index in [-0.39, 0.29) is 79.0 Å². The summed E-state index contributed by atoms with van der Waals surface area (Å²) in [6.07, 6.45) is 4.86. The Kier molecular flexibility index (Phi) is 19.3. The maximum Gasteiger partial charge on any atom is 0.312 e. The summed E-state index contributed by atoms with van der Waals surface area (Å²) in [4.78, 5) is 104. The largest absolute Gasteiger partial charge is 0.494 e. The van der Waals surface area contributed by atoms with Crippen molar-refractivity contribution in [3.8, 4) is 11.5 Å². The number of benzene rings is 2. The van der Waals surface area contributed by atoms with Crippen molar-refractivity contribution in [3.63, 3.8) is 0 Å². The number of imidazole rings is 2. The van der Waals surface area contributed by atoms with Crippen molar-refractivity contribution in [2.45, 2.75) is 99.1 Å². The van der Waals surface area contributed by atoms with Crippen LogP contribution in [0.15, 0.2) is 48.6 Å². The van der Waals surface area contributed by atoms with Crippen LogP contribution in [0, 0.1) is 19.8 Å². The number of hydrogen-bond donors (Lipinski definition) is 8. The molecule has 8 amide bonds. The van der Waals surface area contributed by atoms with E-state index in [0.29, 0.717) is 103 Å². The normalized spacial score (nSPS) is 13.7. The maximum atomic E-state index is 14.0. The van der Waals surface area contributed by atoms with Gasteiger partial charge in [-0.05, 0) is 89.3 Å². The highest BCUT2D eigenvalue weighted by Gasteiger charge is 2.31. The molecule has 0 radical (unpaired) electrons. The van der Waals surface area contributed by atoms with Gasteiger partial charge in [-0.3, -0.25) is 53.7 Å². The molecule has 27 nitrogen and oxygen atoms in total. The van der Waals surface area contributed by atoms with Gasteiger partial charge in [0.15, 0.2) is 0 Å². The van der Waals surface area contributed by atoms with Crippen LogP contribution in [0.2, 0.25) is 0 Å². The summed E-state index contributed by atoms with van der Waals surface area (Å²) in [6.45, 7) is 15.0. The van der Waals surface area contributed by atoms with E-state index >= 15 is 0 Å². The number of aromatic nitrogens is 8. The Morgan fingerprint density at radius 1 is 0.713 bits per heavy atom. The van der Waals surface area contributed by atoms with Crippen LogP contribution < -0.4 is 53.7 Å². The number of aryl methyl sites for hydroxylation is 4. The van der Waals surface area contributed by atoms with E-state index in [4.69, 9.17) is 42.4 Å². The topological polar surface area (TPSA) is 368 Å². The quantitative estimate of drug-likeness (QED) is 0.0285. The number of allylic oxidation sites excluding steroid dienone is 2. The predicted octanol–water partition coefficient (Wildman–Crippen LogP) is 2.23. The van der Waals surface area contributed by atoms with Gasteiger partial charge in [0.05, 0.1) is 42.2 Å². The zero-order valence-electron chi connectivity index (χ0n) is 46.2. The van der Waals surface area contributed by atoms with E-state index in [9.17, 15) is 33.6 Å². The maximum absolute atomic E-state index is 14.0. The second-order valence-corrected chi connectivity index (χ2v) is 19.7. The molecule has 0 spiro atoms. The van der Waals surface area contributed by atoms with Gasteiger partial charge in [-0.15, -0.1) is 0 Å². The van der Waals surface area contributed by atoms with Crippen molar-refractivity contribution >= 4 is 75.4 Å². The minimum Gasteiger partial charge on any atom is -0.494 e. The van der Waals surface area contributed by atoms with Gasteiger partial charge in [0.2, 0.25) is 35.5 Å². The van der Waals surface area contributed by atoms with Crippen LogP contribution in [-0.2, 0) is 35.8 Å². The zero-order chi connectivity index (χ0) is 57.9. The first-order valence-electron chi connectivity index (χ1n) is 26.5. The third kappa shape index (κ3) is 13.9. The summed E-state index contributed by atoms with van der Waals surface area (Å²) < 4.78 is 18.8. The minimum atomic E-state index is -0.836. The zero-order valence-corrected chi connectivity index (χ0v) is 46.2. The highest BCUT2D eigenvalue weighted by Crippen LogP contribution is 2.33. The molecule has 4 aromatic heterocycles. The molecule has 0 aliphatic carbocycles. The number of nitrogens with one attached hydrogen (secondary N) is 4. The first-order valence-corrected chi connectivity index (χ1v) is 26.5. The van der Waals surface area contributed by atoms with Crippen LogP contribution in [0.5, 0.6) is 11.5 Å². The Morgan fingerprint density at radius 2 is 1.23 bits per heavy atom. The van der Waals surface area contributed by atoms with Crippen molar-refractivity contribution < 1.29 is 43.0 Å². The number of urea groups is 1. The lowest BCUT2D eigenvalue weighted by atomic mass is 10.0. The van der Waals surface area contributed by atoms with Gasteiger partial charge in [0.1, 0.15) is 40.0 Å². The minimum absolute atomic E-state index is 0.0963. The molecule has 2 unspecified atom stereocenters. The predicted molar refractivity (Wildman–Crippen MR) is 298 cm³/mol. The fourth-order valence-corrected chi connectivity index (χ4v) is 9.41. The Hall–Kier alpha value is -8.85. The lowest BCUT2D eigenvalue weighted by Gasteiger charge is -2.36. The highest BCUT2D eigenvalue weighted by molar-refractivity contribution is 6.05. The smallest absolute Gasteiger partial charge is 0.312 e. The summed E-state index contributed by atoms with van der Waals surface area (Å²) in [5.74, 6) is -2.32. The fourth-order valence-electron chi connectivity index (χ4n) is 9.41. The molecule has 1 aliphatic rings. The van der Waals surface area contributed by atoms with E-state index in [1.807, 2.05) is 39.8 Å². The summed E-state index contributed by atoms with van der Waals surface area (Å²) in [6, 6.07) is 7.11. The van der Waals surface area contributed by atoms with Crippen molar-refractivity contribution in [3.05, 3.63) is 82.5 Å². The van der Waals surface area contributed by atoms with Gasteiger partial charge in [-0.2, -0.15) is 10.2 Å². The summed E-state index contributed by atoms with van der Waals surface area (Å²) in [5, 5.41) is 20.1.